The van der Waals surface area contributed by atoms with Crippen LogP contribution in [-0.2, 0) is 0 Å². The predicted molar refractivity (Wildman–Crippen MR) is 85.6 cm³/mol. The van der Waals surface area contributed by atoms with Gasteiger partial charge < -0.3 is 5.73 Å². The molecule has 2 N–H and O–H groups in total. The van der Waals surface area contributed by atoms with E-state index in [2.05, 4.69) is 64.0 Å². The number of hydrogen-bond donors (Lipinski definition) is 1. The molecule has 104 valence electrons. The molecule has 1 heterocycles. The Labute approximate surface area is 127 Å². The Morgan fingerprint density at radius 2 is 2.00 bits per heavy atom. The minimum absolute atomic E-state index is 0.306. The quantitative estimate of drug-likeness (QED) is 0.901. The SMILES string of the molecule is CC(C)c1nc(-c2cccc(C3CC3)c2)nc(N)c1Br. The number of anilines is 1. The first-order chi connectivity index (χ1) is 9.56. The summed E-state index contributed by atoms with van der Waals surface area (Å²) in [6, 6.07) is 8.52. The van der Waals surface area contributed by atoms with Crippen LogP contribution in [0.4, 0.5) is 5.82 Å². The van der Waals surface area contributed by atoms with Crippen molar-refractivity contribution in [3.63, 3.8) is 0 Å². The lowest BCUT2D eigenvalue weighted by Crippen LogP contribution is -2.04. The zero-order chi connectivity index (χ0) is 14.3. The molecule has 1 fully saturated rings. The Morgan fingerprint density at radius 1 is 1.25 bits per heavy atom. The van der Waals surface area contributed by atoms with Gasteiger partial charge in [0.15, 0.2) is 5.82 Å². The molecule has 3 nitrogen and oxygen atoms in total. The van der Waals surface area contributed by atoms with E-state index in [4.69, 9.17) is 5.73 Å². The van der Waals surface area contributed by atoms with Crippen LogP contribution in [0.1, 0.15) is 49.8 Å². The van der Waals surface area contributed by atoms with Crippen LogP contribution < -0.4 is 5.73 Å². The highest BCUT2D eigenvalue weighted by molar-refractivity contribution is 9.10. The van der Waals surface area contributed by atoms with Crippen LogP contribution in [0.2, 0.25) is 0 Å². The largest absolute Gasteiger partial charge is 0.383 e. The van der Waals surface area contributed by atoms with Gasteiger partial charge in [-0.25, -0.2) is 9.97 Å². The van der Waals surface area contributed by atoms with Gasteiger partial charge in [-0.15, -0.1) is 0 Å². The van der Waals surface area contributed by atoms with E-state index in [1.165, 1.54) is 18.4 Å². The molecule has 0 saturated heterocycles. The standard InChI is InChI=1S/C16H18BrN3/c1-9(2)14-13(17)15(18)20-16(19-14)12-5-3-4-11(8-12)10-6-7-10/h3-5,8-10H,6-7H2,1-2H3,(H2,18,19,20). The summed E-state index contributed by atoms with van der Waals surface area (Å²) in [7, 11) is 0. The second-order valence-corrected chi connectivity index (χ2v) is 6.48. The number of hydrogen-bond acceptors (Lipinski definition) is 3. The van der Waals surface area contributed by atoms with Crippen molar-refractivity contribution < 1.29 is 0 Å². The van der Waals surface area contributed by atoms with Gasteiger partial charge in [0.05, 0.1) is 10.2 Å². The fraction of sp³-hybridized carbons (Fsp3) is 0.375. The number of nitrogens with two attached hydrogens (primary N) is 1. The summed E-state index contributed by atoms with van der Waals surface area (Å²) in [6.45, 7) is 4.22. The van der Waals surface area contributed by atoms with Crippen LogP contribution in [0.3, 0.4) is 0 Å². The van der Waals surface area contributed by atoms with Crippen molar-refractivity contribution in [1.82, 2.24) is 9.97 Å². The molecule has 0 aliphatic heterocycles. The average Bonchev–Trinajstić information content (AvgIpc) is 3.26. The summed E-state index contributed by atoms with van der Waals surface area (Å²) in [6.07, 6.45) is 2.59. The number of benzene rings is 1. The molecule has 0 unspecified atom stereocenters. The van der Waals surface area contributed by atoms with Crippen LogP contribution in [0.5, 0.6) is 0 Å². The summed E-state index contributed by atoms with van der Waals surface area (Å²) in [5.74, 6) is 2.26. The first kappa shape index (κ1) is 13.6. The van der Waals surface area contributed by atoms with Gasteiger partial charge in [0.25, 0.3) is 0 Å². The fourth-order valence-electron chi connectivity index (χ4n) is 2.34. The highest BCUT2D eigenvalue weighted by Gasteiger charge is 2.24. The first-order valence-electron chi connectivity index (χ1n) is 6.99. The lowest BCUT2D eigenvalue weighted by molar-refractivity contribution is 0.811. The maximum atomic E-state index is 6.01. The number of rotatable bonds is 3. The van der Waals surface area contributed by atoms with Crippen molar-refractivity contribution >= 4 is 21.7 Å². The minimum Gasteiger partial charge on any atom is -0.383 e. The molecule has 4 heteroatoms. The van der Waals surface area contributed by atoms with Crippen molar-refractivity contribution in [3.8, 4) is 11.4 Å². The van der Waals surface area contributed by atoms with Gasteiger partial charge in [-0.3, -0.25) is 0 Å². The van der Waals surface area contributed by atoms with E-state index in [-0.39, 0.29) is 0 Å². The predicted octanol–water partition coefficient (Wildman–Crippen LogP) is 4.49. The second-order valence-electron chi connectivity index (χ2n) is 5.69. The van der Waals surface area contributed by atoms with Crippen LogP contribution in [0, 0.1) is 0 Å². The van der Waals surface area contributed by atoms with Crippen molar-refractivity contribution in [2.45, 2.75) is 38.5 Å². The molecule has 1 saturated carbocycles. The highest BCUT2D eigenvalue weighted by Crippen LogP contribution is 2.41. The summed E-state index contributed by atoms with van der Waals surface area (Å²) in [5, 5.41) is 0. The minimum atomic E-state index is 0.306. The molecule has 0 radical (unpaired) electrons. The Kier molecular flexibility index (Phi) is 3.50. The molecule has 0 bridgehead atoms. The molecular weight excluding hydrogens is 314 g/mol. The molecule has 1 aliphatic rings. The molecule has 0 atom stereocenters. The maximum absolute atomic E-state index is 6.01. The molecule has 0 amide bonds. The lowest BCUT2D eigenvalue weighted by atomic mass is 10.1. The van der Waals surface area contributed by atoms with Crippen molar-refractivity contribution in [1.29, 1.82) is 0 Å². The summed E-state index contributed by atoms with van der Waals surface area (Å²) >= 11 is 3.49. The van der Waals surface area contributed by atoms with Gasteiger partial charge in [0.1, 0.15) is 5.82 Å². The summed E-state index contributed by atoms with van der Waals surface area (Å²) < 4.78 is 0.814. The van der Waals surface area contributed by atoms with Crippen molar-refractivity contribution in [2.24, 2.45) is 0 Å². The maximum Gasteiger partial charge on any atom is 0.161 e. The van der Waals surface area contributed by atoms with E-state index < -0.39 is 0 Å². The number of nitrogen functional groups attached to an aromatic ring is 1. The monoisotopic (exact) mass is 331 g/mol. The number of aromatic nitrogens is 2. The lowest BCUT2D eigenvalue weighted by Gasteiger charge is -2.12. The molecule has 3 rings (SSSR count). The van der Waals surface area contributed by atoms with E-state index in [0.717, 1.165) is 27.5 Å². The van der Waals surface area contributed by atoms with Crippen LogP contribution in [-0.4, -0.2) is 9.97 Å². The average molecular weight is 332 g/mol. The van der Waals surface area contributed by atoms with E-state index in [9.17, 15) is 0 Å². The molecule has 0 spiro atoms. The van der Waals surface area contributed by atoms with Crippen LogP contribution in [0.25, 0.3) is 11.4 Å². The fourth-order valence-corrected chi connectivity index (χ4v) is 2.98. The molecule has 1 aliphatic carbocycles. The van der Waals surface area contributed by atoms with Crippen molar-refractivity contribution in [3.05, 3.63) is 40.0 Å². The second kappa shape index (κ2) is 5.17. The molecule has 20 heavy (non-hydrogen) atoms. The zero-order valence-electron chi connectivity index (χ0n) is 11.7. The van der Waals surface area contributed by atoms with E-state index in [1.807, 2.05) is 0 Å². The molecule has 1 aromatic heterocycles. The Balaban J connectivity index is 2.07. The van der Waals surface area contributed by atoms with Gasteiger partial charge in [-0.1, -0.05) is 32.0 Å². The Morgan fingerprint density at radius 3 is 2.65 bits per heavy atom. The van der Waals surface area contributed by atoms with E-state index >= 15 is 0 Å². The molecule has 2 aromatic rings. The van der Waals surface area contributed by atoms with Gasteiger partial charge in [-0.2, -0.15) is 0 Å². The molecular formula is C16H18BrN3. The zero-order valence-corrected chi connectivity index (χ0v) is 13.3. The van der Waals surface area contributed by atoms with Crippen LogP contribution >= 0.6 is 15.9 Å². The number of halogens is 1. The Hall–Kier alpha value is -1.42. The smallest absolute Gasteiger partial charge is 0.161 e. The van der Waals surface area contributed by atoms with Gasteiger partial charge in [-0.05, 0) is 52.2 Å². The normalized spacial score (nSPS) is 14.8. The molecule has 1 aromatic carbocycles. The third-order valence-electron chi connectivity index (χ3n) is 3.64. The third-order valence-corrected chi connectivity index (χ3v) is 4.46. The van der Waals surface area contributed by atoms with Gasteiger partial charge >= 0.3 is 0 Å². The first-order valence-corrected chi connectivity index (χ1v) is 7.78. The van der Waals surface area contributed by atoms with Gasteiger partial charge in [0, 0.05) is 5.56 Å². The van der Waals surface area contributed by atoms with Crippen molar-refractivity contribution in [2.75, 3.05) is 5.73 Å². The summed E-state index contributed by atoms with van der Waals surface area (Å²) in [4.78, 5) is 9.11. The Bertz CT molecular complexity index is 648. The van der Waals surface area contributed by atoms with Gasteiger partial charge in [0.2, 0.25) is 0 Å². The van der Waals surface area contributed by atoms with E-state index in [0.29, 0.717) is 11.7 Å². The van der Waals surface area contributed by atoms with Crippen LogP contribution in [0.15, 0.2) is 28.7 Å². The third kappa shape index (κ3) is 2.57. The topological polar surface area (TPSA) is 51.8 Å². The number of nitrogens with zero attached hydrogens (tertiary/aromatic N) is 2. The highest BCUT2D eigenvalue weighted by atomic mass is 79.9. The van der Waals surface area contributed by atoms with E-state index in [1.54, 1.807) is 0 Å². The summed E-state index contributed by atoms with van der Waals surface area (Å²) in [5.41, 5.74) is 9.41.